The molecule has 1 aliphatic carbocycles. The van der Waals surface area contributed by atoms with E-state index in [1.54, 1.807) is 0 Å². The summed E-state index contributed by atoms with van der Waals surface area (Å²) < 4.78 is 5.83. The molecule has 13 heavy (non-hydrogen) atoms. The summed E-state index contributed by atoms with van der Waals surface area (Å²) in [6, 6.07) is 0. The maximum Gasteiger partial charge on any atom is 0.0575 e. The van der Waals surface area contributed by atoms with Crippen LogP contribution in [0.15, 0.2) is 0 Å². The van der Waals surface area contributed by atoms with Crippen LogP contribution in [0, 0.1) is 5.92 Å². The van der Waals surface area contributed by atoms with Crippen LogP contribution in [-0.4, -0.2) is 18.6 Å². The maximum atomic E-state index is 5.83. The van der Waals surface area contributed by atoms with E-state index in [2.05, 4.69) is 6.92 Å². The van der Waals surface area contributed by atoms with Crippen LogP contribution in [-0.2, 0) is 4.74 Å². The van der Waals surface area contributed by atoms with E-state index in [4.69, 9.17) is 16.3 Å². The third-order valence-electron chi connectivity index (χ3n) is 2.68. The summed E-state index contributed by atoms with van der Waals surface area (Å²) in [5.41, 5.74) is 0. The van der Waals surface area contributed by atoms with Crippen molar-refractivity contribution in [2.24, 2.45) is 5.92 Å². The lowest BCUT2D eigenvalue weighted by atomic mass is 10.1. The topological polar surface area (TPSA) is 9.23 Å². The zero-order chi connectivity index (χ0) is 9.52. The van der Waals surface area contributed by atoms with Gasteiger partial charge in [0, 0.05) is 5.88 Å². The predicted octanol–water partition coefficient (Wildman–Crippen LogP) is 3.60. The van der Waals surface area contributed by atoms with Crippen molar-refractivity contribution in [3.8, 4) is 0 Å². The summed E-state index contributed by atoms with van der Waals surface area (Å²) in [4.78, 5) is 0. The Balaban J connectivity index is 2.11. The molecule has 0 spiro atoms. The summed E-state index contributed by atoms with van der Waals surface area (Å²) in [5, 5.41) is 0. The number of alkyl halides is 1. The van der Waals surface area contributed by atoms with Gasteiger partial charge in [0.05, 0.1) is 12.7 Å². The number of ether oxygens (including phenoxy) is 1. The van der Waals surface area contributed by atoms with Crippen LogP contribution in [0.5, 0.6) is 0 Å². The number of halogens is 1. The Kier molecular flexibility index (Phi) is 5.81. The Morgan fingerprint density at radius 1 is 1.23 bits per heavy atom. The van der Waals surface area contributed by atoms with E-state index in [9.17, 15) is 0 Å². The Labute approximate surface area is 86.8 Å². The van der Waals surface area contributed by atoms with Crippen LogP contribution in [0.1, 0.15) is 45.4 Å². The number of hydrogen-bond acceptors (Lipinski definition) is 1. The molecular weight excluding hydrogens is 184 g/mol. The van der Waals surface area contributed by atoms with E-state index in [0.717, 1.165) is 6.61 Å². The first-order chi connectivity index (χ1) is 6.33. The first-order valence-corrected chi connectivity index (χ1v) is 6.04. The molecule has 1 atom stereocenters. The Bertz CT molecular complexity index is 119. The second-order valence-electron chi connectivity index (χ2n) is 4.21. The van der Waals surface area contributed by atoms with Gasteiger partial charge in [-0.05, 0) is 18.8 Å². The zero-order valence-electron chi connectivity index (χ0n) is 8.60. The highest BCUT2D eigenvalue weighted by Gasteiger charge is 2.13. The molecule has 1 saturated carbocycles. The van der Waals surface area contributed by atoms with Gasteiger partial charge in [0.25, 0.3) is 0 Å². The van der Waals surface area contributed by atoms with Gasteiger partial charge in [-0.1, -0.05) is 32.6 Å². The first-order valence-electron chi connectivity index (χ1n) is 5.50. The molecule has 0 N–H and O–H groups in total. The highest BCUT2D eigenvalue weighted by Crippen LogP contribution is 2.20. The SMILES string of the molecule is CC(CCl)COC1CCCCCC1. The van der Waals surface area contributed by atoms with Crippen molar-refractivity contribution in [2.75, 3.05) is 12.5 Å². The van der Waals surface area contributed by atoms with Crippen molar-refractivity contribution in [3.05, 3.63) is 0 Å². The van der Waals surface area contributed by atoms with E-state index in [1.807, 2.05) is 0 Å². The molecule has 0 aromatic heterocycles. The minimum absolute atomic E-state index is 0.505. The van der Waals surface area contributed by atoms with Crippen LogP contribution in [0.25, 0.3) is 0 Å². The summed E-state index contributed by atoms with van der Waals surface area (Å²) in [5.74, 6) is 1.22. The Morgan fingerprint density at radius 3 is 2.38 bits per heavy atom. The normalized spacial score (nSPS) is 22.6. The molecular formula is C11H21ClO. The molecule has 0 radical (unpaired) electrons. The van der Waals surface area contributed by atoms with Crippen LogP contribution in [0.4, 0.5) is 0 Å². The third-order valence-corrected chi connectivity index (χ3v) is 3.21. The third kappa shape index (κ3) is 4.87. The maximum absolute atomic E-state index is 5.83. The summed E-state index contributed by atoms with van der Waals surface area (Å²) in [6.45, 7) is 2.98. The minimum atomic E-state index is 0.505. The zero-order valence-corrected chi connectivity index (χ0v) is 9.35. The molecule has 0 aromatic rings. The van der Waals surface area contributed by atoms with Crippen molar-refractivity contribution >= 4 is 11.6 Å². The summed E-state index contributed by atoms with van der Waals surface area (Å²) in [7, 11) is 0. The standard InChI is InChI=1S/C11H21ClO/c1-10(8-12)9-13-11-6-4-2-3-5-7-11/h10-11H,2-9H2,1H3. The van der Waals surface area contributed by atoms with Gasteiger partial charge in [-0.15, -0.1) is 11.6 Å². The van der Waals surface area contributed by atoms with Crippen molar-refractivity contribution < 1.29 is 4.74 Å². The van der Waals surface area contributed by atoms with Crippen LogP contribution >= 0.6 is 11.6 Å². The van der Waals surface area contributed by atoms with Gasteiger partial charge in [0.15, 0.2) is 0 Å². The van der Waals surface area contributed by atoms with Gasteiger partial charge in [0.1, 0.15) is 0 Å². The molecule has 0 aliphatic heterocycles. The lowest BCUT2D eigenvalue weighted by Crippen LogP contribution is -2.17. The number of rotatable bonds is 4. The van der Waals surface area contributed by atoms with E-state index in [0.29, 0.717) is 17.9 Å². The lowest BCUT2D eigenvalue weighted by molar-refractivity contribution is 0.0275. The first kappa shape index (κ1) is 11.3. The molecule has 78 valence electrons. The molecule has 1 aliphatic rings. The summed E-state index contributed by atoms with van der Waals surface area (Å²) in [6.07, 6.45) is 8.52. The van der Waals surface area contributed by atoms with Crippen molar-refractivity contribution in [3.63, 3.8) is 0 Å². The van der Waals surface area contributed by atoms with E-state index in [-0.39, 0.29) is 0 Å². The second-order valence-corrected chi connectivity index (χ2v) is 4.51. The van der Waals surface area contributed by atoms with E-state index >= 15 is 0 Å². The molecule has 0 saturated heterocycles. The molecule has 1 nitrogen and oxygen atoms in total. The highest BCUT2D eigenvalue weighted by molar-refractivity contribution is 6.18. The van der Waals surface area contributed by atoms with Crippen molar-refractivity contribution in [1.82, 2.24) is 0 Å². The average molecular weight is 205 g/mol. The predicted molar refractivity (Wildman–Crippen MR) is 57.3 cm³/mol. The lowest BCUT2D eigenvalue weighted by Gasteiger charge is -2.17. The van der Waals surface area contributed by atoms with Gasteiger partial charge in [-0.2, -0.15) is 0 Å². The fraction of sp³-hybridized carbons (Fsp3) is 1.00. The molecule has 0 amide bonds. The van der Waals surface area contributed by atoms with Crippen LogP contribution in [0.2, 0.25) is 0 Å². The van der Waals surface area contributed by atoms with Gasteiger partial charge < -0.3 is 4.74 Å². The fourth-order valence-electron chi connectivity index (χ4n) is 1.75. The summed E-state index contributed by atoms with van der Waals surface area (Å²) >= 11 is 5.72. The molecule has 1 rings (SSSR count). The van der Waals surface area contributed by atoms with Crippen LogP contribution < -0.4 is 0 Å². The average Bonchev–Trinajstić information content (AvgIpc) is 2.42. The molecule has 1 fully saturated rings. The molecule has 0 bridgehead atoms. The van der Waals surface area contributed by atoms with Crippen molar-refractivity contribution in [2.45, 2.75) is 51.6 Å². The van der Waals surface area contributed by atoms with E-state index < -0.39 is 0 Å². The second kappa shape index (κ2) is 6.67. The molecule has 2 heteroatoms. The molecule has 0 aromatic carbocycles. The smallest absolute Gasteiger partial charge is 0.0575 e. The number of hydrogen-bond donors (Lipinski definition) is 0. The van der Waals surface area contributed by atoms with Gasteiger partial charge in [0.2, 0.25) is 0 Å². The molecule has 0 heterocycles. The largest absolute Gasteiger partial charge is 0.378 e. The molecule has 1 unspecified atom stereocenters. The van der Waals surface area contributed by atoms with Gasteiger partial charge in [-0.3, -0.25) is 0 Å². The van der Waals surface area contributed by atoms with Gasteiger partial charge >= 0.3 is 0 Å². The highest BCUT2D eigenvalue weighted by atomic mass is 35.5. The fourth-order valence-corrected chi connectivity index (χ4v) is 1.84. The minimum Gasteiger partial charge on any atom is -0.378 e. The van der Waals surface area contributed by atoms with E-state index in [1.165, 1.54) is 38.5 Å². The van der Waals surface area contributed by atoms with Crippen molar-refractivity contribution in [1.29, 1.82) is 0 Å². The Morgan fingerprint density at radius 2 is 1.85 bits per heavy atom. The monoisotopic (exact) mass is 204 g/mol. The Hall–Kier alpha value is 0.250. The van der Waals surface area contributed by atoms with Gasteiger partial charge in [-0.25, -0.2) is 0 Å². The quantitative estimate of drug-likeness (QED) is 0.502. The van der Waals surface area contributed by atoms with Crippen LogP contribution in [0.3, 0.4) is 0 Å².